The highest BCUT2D eigenvalue weighted by molar-refractivity contribution is 7.89. The van der Waals surface area contributed by atoms with Crippen LogP contribution in [0.3, 0.4) is 0 Å². The fraction of sp³-hybridized carbons (Fsp3) is 0.208. The Kier molecular flexibility index (Phi) is 8.01. The molecule has 3 rings (SSSR count). The first-order chi connectivity index (χ1) is 17.3. The van der Waals surface area contributed by atoms with Gasteiger partial charge in [0.05, 0.1) is 21.5 Å². The zero-order valence-corrected chi connectivity index (χ0v) is 20.5. The molecule has 0 aliphatic carbocycles. The molecule has 0 unspecified atom stereocenters. The molecule has 0 aliphatic rings. The fourth-order valence-corrected chi connectivity index (χ4v) is 4.93. The third-order valence-electron chi connectivity index (χ3n) is 5.29. The van der Waals surface area contributed by atoms with Gasteiger partial charge < -0.3 is 9.84 Å². The van der Waals surface area contributed by atoms with Gasteiger partial charge in [-0.25, -0.2) is 8.42 Å². The third-order valence-corrected chi connectivity index (χ3v) is 6.76. The van der Waals surface area contributed by atoms with E-state index in [1.54, 1.807) is 60.7 Å². The normalized spacial score (nSPS) is 12.6. The molecule has 0 radical (unpaired) electrons. The van der Waals surface area contributed by atoms with E-state index >= 15 is 0 Å². The highest BCUT2D eigenvalue weighted by Gasteiger charge is 2.41. The van der Waals surface area contributed by atoms with Crippen molar-refractivity contribution in [3.8, 4) is 0 Å². The summed E-state index contributed by atoms with van der Waals surface area (Å²) >= 11 is 0. The quantitative estimate of drug-likeness (QED) is 0.226. The number of nitrogens with zero attached hydrogens (tertiary/aromatic N) is 2. The number of hydrogen-bond acceptors (Lipinski definition) is 9. The smallest absolute Gasteiger partial charge is 0.328 e. The molecule has 3 aromatic rings. The predicted octanol–water partition coefficient (Wildman–Crippen LogP) is 3.25. The Morgan fingerprint density at radius 1 is 0.919 bits per heavy atom. The topological polar surface area (TPSA) is 179 Å². The van der Waals surface area contributed by atoms with Crippen LogP contribution in [0.5, 0.6) is 0 Å². The van der Waals surface area contributed by atoms with Crippen LogP contribution in [-0.4, -0.2) is 41.0 Å². The van der Waals surface area contributed by atoms with Crippen LogP contribution < -0.4 is 4.72 Å². The van der Waals surface area contributed by atoms with Gasteiger partial charge in [0.2, 0.25) is 10.0 Å². The number of nitro benzene ring substituents is 2. The second kappa shape index (κ2) is 10.8. The number of aliphatic hydroxyl groups is 1. The maximum Gasteiger partial charge on any atom is 0.328 e. The molecule has 0 bridgehead atoms. The number of esters is 1. The van der Waals surface area contributed by atoms with Crippen molar-refractivity contribution in [2.75, 3.05) is 0 Å². The lowest BCUT2D eigenvalue weighted by atomic mass is 9.98. The Bertz CT molecular complexity index is 1370. The minimum absolute atomic E-state index is 0.493. The number of hydrogen-bond donors (Lipinski definition) is 2. The van der Waals surface area contributed by atoms with E-state index in [1.165, 1.54) is 0 Å². The summed E-state index contributed by atoms with van der Waals surface area (Å²) in [6.45, 7) is 2.32. The van der Waals surface area contributed by atoms with Crippen LogP contribution in [0.15, 0.2) is 83.8 Å². The van der Waals surface area contributed by atoms with E-state index in [2.05, 4.69) is 0 Å². The first-order valence-electron chi connectivity index (χ1n) is 10.8. The van der Waals surface area contributed by atoms with Gasteiger partial charge in [-0.05, 0) is 31.0 Å². The first-order valence-corrected chi connectivity index (χ1v) is 12.3. The van der Waals surface area contributed by atoms with E-state index in [9.17, 15) is 38.5 Å². The van der Waals surface area contributed by atoms with Gasteiger partial charge in [0.1, 0.15) is 6.04 Å². The average molecular weight is 530 g/mol. The molecule has 0 fully saturated rings. The SMILES string of the molecule is CC(C)(O)[C@H](NS(=O)(=O)c1ccc([N+](=O)[O-])cc1[N+](=O)[O-])C(=O)OC(c1ccccc1)c1ccccc1. The van der Waals surface area contributed by atoms with Gasteiger partial charge in [0.15, 0.2) is 11.0 Å². The van der Waals surface area contributed by atoms with Crippen LogP contribution >= 0.6 is 0 Å². The highest BCUT2D eigenvalue weighted by Crippen LogP contribution is 2.30. The number of benzene rings is 3. The summed E-state index contributed by atoms with van der Waals surface area (Å²) < 4.78 is 33.9. The van der Waals surface area contributed by atoms with Crippen LogP contribution in [0.25, 0.3) is 0 Å². The first kappa shape index (κ1) is 27.4. The summed E-state index contributed by atoms with van der Waals surface area (Å²) in [4.78, 5) is 32.8. The maximum absolute atomic E-state index is 13.3. The second-order valence-corrected chi connectivity index (χ2v) is 10.2. The molecule has 1 atom stereocenters. The minimum Gasteiger partial charge on any atom is -0.451 e. The van der Waals surface area contributed by atoms with Crippen LogP contribution in [0.1, 0.15) is 31.1 Å². The van der Waals surface area contributed by atoms with Crippen molar-refractivity contribution in [1.82, 2.24) is 4.72 Å². The summed E-state index contributed by atoms with van der Waals surface area (Å²) in [5.74, 6) is -1.15. The monoisotopic (exact) mass is 529 g/mol. The molecule has 37 heavy (non-hydrogen) atoms. The van der Waals surface area contributed by atoms with Crippen molar-refractivity contribution >= 4 is 27.4 Å². The summed E-state index contributed by atoms with van der Waals surface area (Å²) in [6.07, 6.45) is -0.960. The molecular formula is C24H23N3O9S. The largest absolute Gasteiger partial charge is 0.451 e. The zero-order valence-electron chi connectivity index (χ0n) is 19.7. The van der Waals surface area contributed by atoms with Crippen LogP contribution in [0, 0.1) is 20.2 Å². The van der Waals surface area contributed by atoms with E-state index in [1.807, 2.05) is 4.72 Å². The van der Waals surface area contributed by atoms with E-state index in [0.717, 1.165) is 19.9 Å². The Labute approximate surface area is 211 Å². The lowest BCUT2D eigenvalue weighted by Gasteiger charge is -2.30. The van der Waals surface area contributed by atoms with E-state index in [-0.39, 0.29) is 0 Å². The van der Waals surface area contributed by atoms with Gasteiger partial charge in [-0.15, -0.1) is 0 Å². The van der Waals surface area contributed by atoms with Crippen molar-refractivity contribution in [2.45, 2.75) is 36.5 Å². The van der Waals surface area contributed by atoms with E-state index < -0.39 is 59.9 Å². The average Bonchev–Trinajstić information content (AvgIpc) is 2.85. The maximum atomic E-state index is 13.3. The molecule has 2 N–H and O–H groups in total. The van der Waals surface area contributed by atoms with Crippen molar-refractivity contribution in [3.05, 3.63) is 110 Å². The fourth-order valence-electron chi connectivity index (χ4n) is 3.46. The van der Waals surface area contributed by atoms with Gasteiger partial charge in [-0.2, -0.15) is 4.72 Å². The summed E-state index contributed by atoms with van der Waals surface area (Å²) in [7, 11) is -4.85. The number of carbonyl (C=O) groups excluding carboxylic acids is 1. The van der Waals surface area contributed by atoms with Gasteiger partial charge in [-0.1, -0.05) is 60.7 Å². The lowest BCUT2D eigenvalue weighted by Crippen LogP contribution is -2.54. The van der Waals surface area contributed by atoms with Crippen LogP contribution in [-0.2, 0) is 19.6 Å². The molecule has 13 heteroatoms. The molecule has 194 valence electrons. The summed E-state index contributed by atoms with van der Waals surface area (Å²) in [5, 5.41) is 33.1. The number of nitrogens with one attached hydrogen (secondary N) is 1. The van der Waals surface area contributed by atoms with E-state index in [0.29, 0.717) is 23.3 Å². The Balaban J connectivity index is 1.99. The van der Waals surface area contributed by atoms with Crippen molar-refractivity contribution in [1.29, 1.82) is 0 Å². The Morgan fingerprint density at radius 2 is 1.43 bits per heavy atom. The van der Waals surface area contributed by atoms with Gasteiger partial charge in [0.25, 0.3) is 11.4 Å². The zero-order chi connectivity index (χ0) is 27.4. The summed E-state index contributed by atoms with van der Waals surface area (Å²) in [6, 6.07) is 17.3. The van der Waals surface area contributed by atoms with Gasteiger partial charge >= 0.3 is 5.97 Å². The van der Waals surface area contributed by atoms with Gasteiger partial charge in [0, 0.05) is 6.07 Å². The minimum atomic E-state index is -4.85. The number of carbonyl (C=O) groups is 1. The molecule has 3 aromatic carbocycles. The van der Waals surface area contributed by atoms with Crippen molar-refractivity contribution in [3.63, 3.8) is 0 Å². The molecule has 0 aromatic heterocycles. The lowest BCUT2D eigenvalue weighted by molar-refractivity contribution is -0.396. The third kappa shape index (κ3) is 6.52. The Morgan fingerprint density at radius 3 is 1.86 bits per heavy atom. The number of nitro groups is 2. The number of rotatable bonds is 10. The summed E-state index contributed by atoms with van der Waals surface area (Å²) in [5.41, 5.74) is -2.64. The second-order valence-electron chi connectivity index (χ2n) is 8.51. The number of sulfonamides is 1. The van der Waals surface area contributed by atoms with Crippen molar-refractivity contribution in [2.24, 2.45) is 0 Å². The highest BCUT2D eigenvalue weighted by atomic mass is 32.2. The number of non-ortho nitro benzene ring substituents is 1. The predicted molar refractivity (Wildman–Crippen MR) is 131 cm³/mol. The van der Waals surface area contributed by atoms with Crippen molar-refractivity contribution < 1.29 is 32.9 Å². The standard InChI is InChI=1S/C24H23N3O9S/c1-24(2,29)22(25-37(34,35)20-14-13-18(26(30)31)15-19(20)27(32)33)23(28)36-21(16-9-5-3-6-10-16)17-11-7-4-8-12-17/h3-15,21-22,25,29H,1-2H3/t22-/m1/s1. The molecule has 0 heterocycles. The molecule has 0 aliphatic heterocycles. The Hall–Kier alpha value is -4.20. The van der Waals surface area contributed by atoms with Gasteiger partial charge in [-0.3, -0.25) is 25.0 Å². The van der Waals surface area contributed by atoms with Crippen LogP contribution in [0.4, 0.5) is 11.4 Å². The molecule has 12 nitrogen and oxygen atoms in total. The van der Waals surface area contributed by atoms with E-state index in [4.69, 9.17) is 4.74 Å². The molecular weight excluding hydrogens is 506 g/mol. The molecule has 0 amide bonds. The van der Waals surface area contributed by atoms with Crippen LogP contribution in [0.2, 0.25) is 0 Å². The number of ether oxygens (including phenoxy) is 1. The molecule has 0 saturated heterocycles. The molecule has 0 spiro atoms. The molecule has 0 saturated carbocycles.